The summed E-state index contributed by atoms with van der Waals surface area (Å²) in [6, 6.07) is 9.83. The molecule has 2 aromatic carbocycles. The number of benzene rings is 2. The van der Waals surface area contributed by atoms with Gasteiger partial charge in [0.15, 0.2) is 5.71 Å². The number of allylic oxidation sites excluding steroid dienone is 5. The molecule has 0 fully saturated rings. The van der Waals surface area contributed by atoms with Crippen LogP contribution >= 0.6 is 12.0 Å². The quantitative estimate of drug-likeness (QED) is 0.0263. The van der Waals surface area contributed by atoms with Gasteiger partial charge in [-0.25, -0.2) is 25.3 Å². The molecule has 0 radical (unpaired) electrons. The van der Waals surface area contributed by atoms with Crippen molar-refractivity contribution in [3.63, 3.8) is 0 Å². The third-order valence-corrected chi connectivity index (χ3v) is 13.7. The number of hydrogen-bond donors (Lipinski definition) is 0. The largest absolute Gasteiger partial charge is 1.00 e. The van der Waals surface area contributed by atoms with Gasteiger partial charge in [0.05, 0.1) is 42.6 Å². The van der Waals surface area contributed by atoms with Crippen LogP contribution in [0.15, 0.2) is 81.6 Å². The maximum Gasteiger partial charge on any atom is 1.00 e. The van der Waals surface area contributed by atoms with Crippen molar-refractivity contribution in [3.8, 4) is 0 Å². The van der Waals surface area contributed by atoms with Crippen molar-refractivity contribution in [3.05, 3.63) is 83.0 Å². The molecule has 2 aliphatic heterocycles. The summed E-state index contributed by atoms with van der Waals surface area (Å²) in [6.45, 7) is 9.05. The molecule has 58 heavy (non-hydrogen) atoms. The van der Waals surface area contributed by atoms with Gasteiger partial charge in [-0.1, -0.05) is 37.6 Å². The van der Waals surface area contributed by atoms with E-state index in [4.69, 9.17) is 0 Å². The van der Waals surface area contributed by atoms with Crippen LogP contribution < -0.4 is 98.8 Å². The third kappa shape index (κ3) is 13.8. The number of unbranched alkanes of at least 4 members (excludes halogenated alkanes) is 2. The van der Waals surface area contributed by atoms with Crippen LogP contribution in [0.25, 0.3) is 0 Å². The summed E-state index contributed by atoms with van der Waals surface area (Å²) in [5.41, 5.74) is 5.49. The fourth-order valence-corrected chi connectivity index (χ4v) is 9.90. The third-order valence-electron chi connectivity index (χ3n) is 10.7. The average Bonchev–Trinajstić information content (AvgIpc) is 3.69. The van der Waals surface area contributed by atoms with Crippen molar-refractivity contribution in [2.75, 3.05) is 29.5 Å². The maximum absolute atomic E-state index is 11.9. The minimum atomic E-state index is -4.69. The van der Waals surface area contributed by atoms with Crippen LogP contribution in [0.1, 0.15) is 83.8 Å². The van der Waals surface area contributed by atoms with Crippen LogP contribution in [0.3, 0.4) is 0 Å². The summed E-state index contributed by atoms with van der Waals surface area (Å²) in [5, 5.41) is 14.0. The van der Waals surface area contributed by atoms with E-state index in [-0.39, 0.29) is 112 Å². The summed E-state index contributed by atoms with van der Waals surface area (Å²) in [4.78, 5) is 2.47. The summed E-state index contributed by atoms with van der Waals surface area (Å²) in [7, 11) is -13.4. The van der Waals surface area contributed by atoms with Gasteiger partial charge in [0, 0.05) is 64.2 Å². The second-order valence-corrected chi connectivity index (χ2v) is 20.3. The Morgan fingerprint density at radius 3 is 2.12 bits per heavy atom. The van der Waals surface area contributed by atoms with Gasteiger partial charge in [0.25, 0.3) is 0 Å². The predicted octanol–water partition coefficient (Wildman–Crippen LogP) is -4.38. The molecule has 0 spiro atoms. The van der Waals surface area contributed by atoms with Crippen LogP contribution in [0.5, 0.6) is 0 Å². The molecule has 0 saturated carbocycles. The van der Waals surface area contributed by atoms with E-state index in [9.17, 15) is 44.2 Å². The topological polar surface area (TPSA) is 219 Å². The monoisotopic (exact) mass is 906 g/mol. The van der Waals surface area contributed by atoms with Crippen molar-refractivity contribution in [1.29, 1.82) is 0 Å². The van der Waals surface area contributed by atoms with E-state index in [0.717, 1.165) is 58.7 Å². The average molecular weight is 907 g/mol. The molecule has 5 rings (SSSR count). The van der Waals surface area contributed by atoms with E-state index in [1.54, 1.807) is 12.1 Å². The molecule has 1 unspecified atom stereocenters. The molecule has 1 aliphatic carbocycles. The molecule has 0 amide bonds. The first-order valence-electron chi connectivity index (χ1n) is 17.9. The summed E-state index contributed by atoms with van der Waals surface area (Å²) >= 11 is 0.795. The molecule has 1 atom stereocenters. The molecule has 2 heterocycles. The molecule has 0 N–H and O–H groups in total. The Morgan fingerprint density at radius 1 is 0.845 bits per heavy atom. The van der Waals surface area contributed by atoms with Gasteiger partial charge in [-0.3, -0.25) is 5.04 Å². The summed E-state index contributed by atoms with van der Waals surface area (Å²) in [6.07, 6.45) is 11.9. The Labute approximate surface area is 413 Å². The van der Waals surface area contributed by atoms with Crippen LogP contribution in [-0.2, 0) is 50.6 Å². The van der Waals surface area contributed by atoms with E-state index in [2.05, 4.69) is 57.0 Å². The van der Waals surface area contributed by atoms with E-state index < -0.39 is 52.7 Å². The van der Waals surface area contributed by atoms with Gasteiger partial charge >= 0.3 is 88.7 Å². The van der Waals surface area contributed by atoms with Crippen molar-refractivity contribution in [2.24, 2.45) is 0 Å². The van der Waals surface area contributed by atoms with Gasteiger partial charge < -0.3 is 23.8 Å². The minimum Gasteiger partial charge on any atom is -0.748 e. The molecule has 302 valence electrons. The first kappa shape index (κ1) is 54.2. The van der Waals surface area contributed by atoms with Crippen molar-refractivity contribution >= 4 is 59.5 Å². The Bertz CT molecular complexity index is 2260. The SMILES string of the molecule is CC1(C)C(C=CC2=CC(=CCC3N(CCCCS(=O)(=O)[O-])c4ccc(S(=O)(=O)[O-])cc4C3(C)C)CC2)=[N+](CCCCS(=O)(=O)[O-])c2ccc(SOO[O-])cc21.[Na+].[Na+].[Na+]. The van der Waals surface area contributed by atoms with Gasteiger partial charge in [-0.2, -0.15) is 8.91 Å². The van der Waals surface area contributed by atoms with Crippen molar-refractivity contribution in [2.45, 2.75) is 99.3 Å². The summed E-state index contributed by atoms with van der Waals surface area (Å²) < 4.78 is 110. The molecule has 14 nitrogen and oxygen atoms in total. The van der Waals surface area contributed by atoms with Gasteiger partial charge in [-0.15, -0.1) is 0 Å². The number of nitrogens with zero attached hydrogens (tertiary/aromatic N) is 2. The smallest absolute Gasteiger partial charge is 0.748 e. The zero-order chi connectivity index (χ0) is 40.4. The molecule has 0 aromatic heterocycles. The second kappa shape index (κ2) is 22.1. The van der Waals surface area contributed by atoms with Gasteiger partial charge in [-0.05, 0) is 93.8 Å². The zero-order valence-corrected chi connectivity index (χ0v) is 43.3. The normalized spacial score (nSPS) is 19.1. The summed E-state index contributed by atoms with van der Waals surface area (Å²) in [5.74, 6) is -0.914. The van der Waals surface area contributed by atoms with E-state index >= 15 is 0 Å². The zero-order valence-electron chi connectivity index (χ0n) is 34.1. The number of fused-ring (bicyclic) bond motifs is 2. The Hall–Kier alpha value is 0.0900. The molecular weight excluding hydrogens is 862 g/mol. The Kier molecular flexibility index (Phi) is 20.7. The Balaban J connectivity index is 0.00000387. The molecule has 0 saturated heterocycles. The molecule has 3 aliphatic rings. The Morgan fingerprint density at radius 2 is 1.50 bits per heavy atom. The van der Waals surface area contributed by atoms with Crippen LogP contribution in [0.2, 0.25) is 0 Å². The van der Waals surface area contributed by atoms with E-state index in [1.807, 2.05) is 26.0 Å². The fraction of sp³-hybridized carbons (Fsp3) is 0.486. The van der Waals surface area contributed by atoms with Gasteiger partial charge in [0.1, 0.15) is 16.7 Å². The number of anilines is 1. The molecule has 2 aromatic rings. The van der Waals surface area contributed by atoms with E-state index in [1.165, 1.54) is 12.1 Å². The second-order valence-electron chi connectivity index (χ2n) is 15.1. The van der Waals surface area contributed by atoms with Crippen LogP contribution in [0.4, 0.5) is 11.4 Å². The number of hydrogen-bond acceptors (Lipinski definition) is 14. The minimum absolute atomic E-state index is 0. The molecular formula is C37H45N2Na3O12S4. The predicted molar refractivity (Wildman–Crippen MR) is 203 cm³/mol. The molecule has 21 heteroatoms. The van der Waals surface area contributed by atoms with E-state index in [0.29, 0.717) is 42.8 Å². The van der Waals surface area contributed by atoms with Crippen LogP contribution in [0, 0.1) is 0 Å². The molecule has 0 bridgehead atoms. The first-order valence-corrected chi connectivity index (χ1v) is 23.2. The first-order chi connectivity index (χ1) is 25.6. The van der Waals surface area contributed by atoms with Crippen molar-refractivity contribution in [1.82, 2.24) is 0 Å². The van der Waals surface area contributed by atoms with Gasteiger partial charge in [0.2, 0.25) is 5.69 Å². The van der Waals surface area contributed by atoms with Crippen LogP contribution in [-0.4, -0.2) is 79.8 Å². The number of rotatable bonds is 18. The fourth-order valence-electron chi connectivity index (χ4n) is 7.90. The van der Waals surface area contributed by atoms with Crippen molar-refractivity contribution < 1.29 is 147 Å². The standard InChI is InChI=1S/C37H48N2O12S4.3Na/c1-36(2)30-24-28(52-51-50-40)13-15-32(30)38(19-5-7-21-53(41,42)43)34(36)17-11-26-9-10-27(23-26)12-18-35-37(3,4)31-25-29(55(47,48)49)14-16-33(31)39(35)20-6-8-22-54(44,45)46;;;/h11-17,23-25,35H,5-10,18-22H2,1-4H3,(H3-,40,41,42,43,44,45,46,47,48,49);;;/q;3*+1/p-3. The maximum atomic E-state index is 11.9.